The summed E-state index contributed by atoms with van der Waals surface area (Å²) in [6, 6.07) is 11.9. The van der Waals surface area contributed by atoms with E-state index >= 15 is 0 Å². The molecule has 0 aliphatic rings. The van der Waals surface area contributed by atoms with Crippen LogP contribution in [0.3, 0.4) is 0 Å². The van der Waals surface area contributed by atoms with Crippen LogP contribution in [0.1, 0.15) is 23.6 Å². The summed E-state index contributed by atoms with van der Waals surface area (Å²) >= 11 is 6.07. The third-order valence-corrected chi connectivity index (χ3v) is 4.35. The second kappa shape index (κ2) is 12.2. The van der Waals surface area contributed by atoms with Crippen LogP contribution in [0.25, 0.3) is 0 Å². The quantitative estimate of drug-likeness (QED) is 0.344. The number of oxime groups is 2. The molecule has 0 fully saturated rings. The van der Waals surface area contributed by atoms with Gasteiger partial charge >= 0.3 is 12.1 Å². The lowest BCUT2D eigenvalue weighted by Gasteiger charge is -2.11. The number of hydrogen-bond donors (Lipinski definition) is 1. The number of hydrogen-bond acceptors (Lipinski definition) is 9. The van der Waals surface area contributed by atoms with Gasteiger partial charge in [0.05, 0.1) is 25.0 Å². The first-order chi connectivity index (χ1) is 15.4. The van der Waals surface area contributed by atoms with Crippen molar-refractivity contribution in [3.63, 3.8) is 0 Å². The van der Waals surface area contributed by atoms with Gasteiger partial charge in [0, 0.05) is 16.7 Å². The number of nitrogens with one attached hydrogen (secondary N) is 1. The molecule has 10 nitrogen and oxygen atoms in total. The summed E-state index contributed by atoms with van der Waals surface area (Å²) < 4.78 is 9.20. The number of esters is 1. The van der Waals surface area contributed by atoms with Crippen LogP contribution in [0, 0.1) is 0 Å². The van der Waals surface area contributed by atoms with Crippen LogP contribution in [-0.2, 0) is 30.6 Å². The van der Waals surface area contributed by atoms with Crippen molar-refractivity contribution in [3.05, 3.63) is 64.2 Å². The summed E-state index contributed by atoms with van der Waals surface area (Å²) in [6.45, 7) is 1.77. The van der Waals surface area contributed by atoms with E-state index in [1.807, 2.05) is 0 Å². The first-order valence-electron chi connectivity index (χ1n) is 9.16. The molecule has 0 saturated carbocycles. The fourth-order valence-corrected chi connectivity index (χ4v) is 2.61. The second-order valence-electron chi connectivity index (χ2n) is 6.06. The molecule has 1 amide bonds. The zero-order valence-corrected chi connectivity index (χ0v) is 18.6. The molecule has 0 unspecified atom stereocenters. The minimum Gasteiger partial charge on any atom is -0.464 e. The summed E-state index contributed by atoms with van der Waals surface area (Å²) in [7, 11) is 3.80. The predicted molar refractivity (Wildman–Crippen MR) is 117 cm³/mol. The van der Waals surface area contributed by atoms with Crippen LogP contribution in [0.15, 0.2) is 52.8 Å². The van der Waals surface area contributed by atoms with Crippen molar-refractivity contribution in [1.29, 1.82) is 0 Å². The summed E-state index contributed by atoms with van der Waals surface area (Å²) in [5, 5.41) is 8.14. The van der Waals surface area contributed by atoms with Gasteiger partial charge in [0.2, 0.25) is 0 Å². The third kappa shape index (κ3) is 6.61. The van der Waals surface area contributed by atoms with Gasteiger partial charge in [-0.3, -0.25) is 0 Å². The van der Waals surface area contributed by atoms with Crippen LogP contribution in [0.5, 0.6) is 5.75 Å². The van der Waals surface area contributed by atoms with E-state index in [1.54, 1.807) is 49.4 Å². The fraction of sp³-hybridized carbons (Fsp3) is 0.238. The van der Waals surface area contributed by atoms with Crippen molar-refractivity contribution in [3.8, 4) is 5.75 Å². The zero-order valence-electron chi connectivity index (χ0n) is 17.9. The minimum absolute atomic E-state index is 0.00694. The molecule has 2 aromatic rings. The van der Waals surface area contributed by atoms with Crippen LogP contribution >= 0.6 is 11.6 Å². The minimum atomic E-state index is -0.776. The standard InChI is InChI=1S/C21H22ClN3O7/c1-13(14-9-10-17(22)18(11-14)32-25-21(27)29-3)23-31-12-15-7-5-6-8-16(15)19(24-30-4)20(26)28-2/h5-11H,12H2,1-4H3,(H,25,27)/b23-13+,24-19+. The first kappa shape index (κ1) is 24.5. The van der Waals surface area contributed by atoms with Gasteiger partial charge in [-0.2, -0.15) is 5.48 Å². The fourth-order valence-electron chi connectivity index (χ4n) is 2.46. The van der Waals surface area contributed by atoms with Gasteiger partial charge in [-0.05, 0) is 19.1 Å². The largest absolute Gasteiger partial charge is 0.464 e. The Morgan fingerprint density at radius 2 is 1.78 bits per heavy atom. The molecule has 0 saturated heterocycles. The Kier molecular flexibility index (Phi) is 9.30. The lowest BCUT2D eigenvalue weighted by atomic mass is 10.0. The molecular formula is C21H22ClN3O7. The van der Waals surface area contributed by atoms with Crippen molar-refractivity contribution in [2.75, 3.05) is 21.3 Å². The maximum absolute atomic E-state index is 12.0. The molecule has 2 rings (SSSR count). The average Bonchev–Trinajstić information content (AvgIpc) is 2.81. The number of nitrogens with zero attached hydrogens (tertiary/aromatic N) is 2. The Bertz CT molecular complexity index is 1020. The molecule has 0 radical (unpaired) electrons. The van der Waals surface area contributed by atoms with E-state index in [0.29, 0.717) is 22.4 Å². The topological polar surface area (TPSA) is 117 Å². The van der Waals surface area contributed by atoms with Gasteiger partial charge in [-0.25, -0.2) is 9.59 Å². The average molecular weight is 464 g/mol. The van der Waals surface area contributed by atoms with Crippen molar-refractivity contribution in [2.45, 2.75) is 13.5 Å². The number of halogens is 1. The highest BCUT2D eigenvalue weighted by Gasteiger charge is 2.19. The van der Waals surface area contributed by atoms with Gasteiger partial charge in [-0.1, -0.05) is 52.2 Å². The Morgan fingerprint density at radius 1 is 1.03 bits per heavy atom. The van der Waals surface area contributed by atoms with Crippen molar-refractivity contribution < 1.29 is 33.6 Å². The molecule has 0 aromatic heterocycles. The molecule has 0 bridgehead atoms. The van der Waals surface area contributed by atoms with Crippen LogP contribution in [0.2, 0.25) is 5.02 Å². The van der Waals surface area contributed by atoms with E-state index in [1.165, 1.54) is 21.3 Å². The molecule has 2 aromatic carbocycles. The smallest absolute Gasteiger partial charge is 0.440 e. The van der Waals surface area contributed by atoms with Gasteiger partial charge < -0.3 is 24.0 Å². The number of rotatable bonds is 9. The number of carbonyl (C=O) groups excluding carboxylic acids is 2. The molecule has 1 N–H and O–H groups in total. The number of benzene rings is 2. The lowest BCUT2D eigenvalue weighted by Crippen LogP contribution is -2.26. The van der Waals surface area contributed by atoms with E-state index in [9.17, 15) is 9.59 Å². The second-order valence-corrected chi connectivity index (χ2v) is 6.47. The highest BCUT2D eigenvalue weighted by molar-refractivity contribution is 6.43. The number of hydroxylamine groups is 1. The van der Waals surface area contributed by atoms with Gasteiger partial charge in [0.25, 0.3) is 0 Å². The number of methoxy groups -OCH3 is 2. The summed E-state index contributed by atoms with van der Waals surface area (Å²) in [6.07, 6.45) is -0.776. The zero-order chi connectivity index (χ0) is 23.5. The molecule has 0 heterocycles. The molecule has 11 heteroatoms. The van der Waals surface area contributed by atoms with E-state index in [-0.39, 0.29) is 23.1 Å². The highest BCUT2D eigenvalue weighted by Crippen LogP contribution is 2.25. The molecule has 0 aliphatic heterocycles. The molecule has 170 valence electrons. The SMILES string of the molecule is CO/N=C(/C(=O)OC)c1ccccc1CO/N=C(\C)c1ccc(Cl)c(ONC(=O)OC)c1. The van der Waals surface area contributed by atoms with Crippen molar-refractivity contribution in [1.82, 2.24) is 5.48 Å². The van der Waals surface area contributed by atoms with Gasteiger partial charge in [0.1, 0.15) is 13.7 Å². The van der Waals surface area contributed by atoms with Crippen LogP contribution < -0.4 is 10.3 Å². The van der Waals surface area contributed by atoms with Gasteiger partial charge in [-0.15, -0.1) is 0 Å². The first-order valence-corrected chi connectivity index (χ1v) is 9.54. The van der Waals surface area contributed by atoms with E-state index < -0.39 is 12.1 Å². The molecule has 0 aliphatic carbocycles. The maximum Gasteiger partial charge on any atom is 0.440 e. The maximum atomic E-state index is 12.0. The third-order valence-electron chi connectivity index (χ3n) is 4.03. The summed E-state index contributed by atoms with van der Waals surface area (Å²) in [5.41, 5.74) is 4.38. The normalized spacial score (nSPS) is 11.4. The molecule has 0 spiro atoms. The van der Waals surface area contributed by atoms with Crippen molar-refractivity contribution in [2.24, 2.45) is 10.3 Å². The van der Waals surface area contributed by atoms with Crippen molar-refractivity contribution >= 4 is 35.1 Å². The Hall–Kier alpha value is -3.79. The number of carbonyl (C=O) groups is 2. The van der Waals surface area contributed by atoms with E-state index in [2.05, 4.69) is 20.5 Å². The lowest BCUT2D eigenvalue weighted by molar-refractivity contribution is -0.132. The van der Waals surface area contributed by atoms with Crippen LogP contribution in [0.4, 0.5) is 4.79 Å². The Labute approximate surface area is 189 Å². The Morgan fingerprint density at radius 3 is 2.47 bits per heavy atom. The summed E-state index contributed by atoms with van der Waals surface area (Å²) in [4.78, 5) is 38.6. The van der Waals surface area contributed by atoms with E-state index in [4.69, 9.17) is 30.9 Å². The predicted octanol–water partition coefficient (Wildman–Crippen LogP) is 3.45. The highest BCUT2D eigenvalue weighted by atomic mass is 35.5. The number of ether oxygens (including phenoxy) is 2. The molecule has 0 atom stereocenters. The molecule has 32 heavy (non-hydrogen) atoms. The summed E-state index contributed by atoms with van der Waals surface area (Å²) in [5.74, 6) is -0.443. The number of amides is 1. The Balaban J connectivity index is 2.16. The van der Waals surface area contributed by atoms with E-state index in [0.717, 1.165) is 0 Å². The molecular weight excluding hydrogens is 442 g/mol. The monoisotopic (exact) mass is 463 g/mol. The van der Waals surface area contributed by atoms with Crippen LogP contribution in [-0.4, -0.2) is 44.8 Å². The van der Waals surface area contributed by atoms with Gasteiger partial charge in [0.15, 0.2) is 11.5 Å².